The van der Waals surface area contributed by atoms with Crippen molar-refractivity contribution in [1.82, 2.24) is 5.32 Å². The number of halogens is 3. The van der Waals surface area contributed by atoms with Crippen LogP contribution in [0.3, 0.4) is 0 Å². The van der Waals surface area contributed by atoms with Gasteiger partial charge in [-0.15, -0.1) is 11.3 Å². The van der Waals surface area contributed by atoms with Gasteiger partial charge in [-0.05, 0) is 40.2 Å². The SMILES string of the molecule is CCNC(Cc1cc(Br)cs1)c1cccc(F)c1Cl. The van der Waals surface area contributed by atoms with Crippen molar-refractivity contribution in [3.63, 3.8) is 0 Å². The van der Waals surface area contributed by atoms with Gasteiger partial charge in [0.25, 0.3) is 0 Å². The maximum Gasteiger partial charge on any atom is 0.142 e. The minimum atomic E-state index is -0.366. The van der Waals surface area contributed by atoms with Crippen molar-refractivity contribution in [3.8, 4) is 0 Å². The summed E-state index contributed by atoms with van der Waals surface area (Å²) < 4.78 is 14.6. The van der Waals surface area contributed by atoms with Gasteiger partial charge < -0.3 is 5.32 Å². The van der Waals surface area contributed by atoms with Gasteiger partial charge in [0.15, 0.2) is 0 Å². The highest BCUT2D eigenvalue weighted by Crippen LogP contribution is 2.30. The second kappa shape index (κ2) is 6.84. The van der Waals surface area contributed by atoms with Crippen molar-refractivity contribution >= 4 is 38.9 Å². The lowest BCUT2D eigenvalue weighted by atomic mass is 10.0. The van der Waals surface area contributed by atoms with Crippen LogP contribution in [0.25, 0.3) is 0 Å². The van der Waals surface area contributed by atoms with Gasteiger partial charge in [-0.3, -0.25) is 0 Å². The van der Waals surface area contributed by atoms with E-state index in [1.54, 1.807) is 17.4 Å². The van der Waals surface area contributed by atoms with Gasteiger partial charge >= 0.3 is 0 Å². The van der Waals surface area contributed by atoms with Gasteiger partial charge in [-0.1, -0.05) is 30.7 Å². The van der Waals surface area contributed by atoms with Crippen LogP contribution in [-0.2, 0) is 6.42 Å². The van der Waals surface area contributed by atoms with E-state index in [1.165, 1.54) is 10.9 Å². The van der Waals surface area contributed by atoms with Crippen molar-refractivity contribution < 1.29 is 4.39 Å². The minimum absolute atomic E-state index is 0.0266. The van der Waals surface area contributed by atoms with E-state index in [2.05, 4.69) is 27.3 Å². The topological polar surface area (TPSA) is 12.0 Å². The first-order valence-corrected chi connectivity index (χ1v) is 8.07. The molecule has 19 heavy (non-hydrogen) atoms. The van der Waals surface area contributed by atoms with Gasteiger partial charge in [0.2, 0.25) is 0 Å². The molecule has 1 aromatic carbocycles. The van der Waals surface area contributed by atoms with Crippen LogP contribution in [0.5, 0.6) is 0 Å². The van der Waals surface area contributed by atoms with E-state index < -0.39 is 0 Å². The molecule has 0 aliphatic carbocycles. The molecule has 1 heterocycles. The predicted molar refractivity (Wildman–Crippen MR) is 83.6 cm³/mol. The number of likely N-dealkylation sites (N-methyl/N-ethyl adjacent to an activating group) is 1. The van der Waals surface area contributed by atoms with Gasteiger partial charge in [-0.2, -0.15) is 0 Å². The Morgan fingerprint density at radius 3 is 2.89 bits per heavy atom. The molecular formula is C14H14BrClFNS. The lowest BCUT2D eigenvalue weighted by molar-refractivity contribution is 0.546. The number of rotatable bonds is 5. The molecule has 1 N–H and O–H groups in total. The summed E-state index contributed by atoms with van der Waals surface area (Å²) in [6.45, 7) is 2.84. The zero-order chi connectivity index (χ0) is 13.8. The summed E-state index contributed by atoms with van der Waals surface area (Å²) in [4.78, 5) is 1.23. The Bertz CT molecular complexity index is 558. The van der Waals surface area contributed by atoms with Gasteiger partial charge in [-0.25, -0.2) is 4.39 Å². The first-order chi connectivity index (χ1) is 9.11. The van der Waals surface area contributed by atoms with Crippen molar-refractivity contribution in [2.45, 2.75) is 19.4 Å². The third-order valence-electron chi connectivity index (χ3n) is 2.83. The van der Waals surface area contributed by atoms with Crippen molar-refractivity contribution in [2.24, 2.45) is 0 Å². The summed E-state index contributed by atoms with van der Waals surface area (Å²) in [6, 6.07) is 7.07. The second-order valence-electron chi connectivity index (χ2n) is 4.19. The molecule has 1 aromatic heterocycles. The molecule has 2 rings (SSSR count). The average Bonchev–Trinajstić information content (AvgIpc) is 2.78. The van der Waals surface area contributed by atoms with E-state index >= 15 is 0 Å². The van der Waals surface area contributed by atoms with E-state index in [4.69, 9.17) is 11.6 Å². The molecule has 0 saturated carbocycles. The molecular weight excluding hydrogens is 349 g/mol. The molecule has 0 aliphatic rings. The van der Waals surface area contributed by atoms with Crippen molar-refractivity contribution in [3.05, 3.63) is 55.4 Å². The van der Waals surface area contributed by atoms with Crippen LogP contribution in [0.2, 0.25) is 5.02 Å². The molecule has 0 spiro atoms. The highest BCUT2D eigenvalue weighted by molar-refractivity contribution is 9.10. The molecule has 1 atom stereocenters. The lowest BCUT2D eigenvalue weighted by Gasteiger charge is -2.19. The van der Waals surface area contributed by atoms with Crippen LogP contribution in [0.4, 0.5) is 4.39 Å². The molecule has 2 aromatic rings. The number of hydrogen-bond donors (Lipinski definition) is 1. The monoisotopic (exact) mass is 361 g/mol. The zero-order valence-electron chi connectivity index (χ0n) is 10.4. The van der Waals surface area contributed by atoms with Gasteiger partial charge in [0, 0.05) is 27.2 Å². The molecule has 5 heteroatoms. The fourth-order valence-electron chi connectivity index (χ4n) is 1.99. The first-order valence-electron chi connectivity index (χ1n) is 6.02. The molecule has 1 nitrogen and oxygen atoms in total. The highest BCUT2D eigenvalue weighted by Gasteiger charge is 2.17. The Morgan fingerprint density at radius 2 is 2.26 bits per heavy atom. The van der Waals surface area contributed by atoms with Crippen LogP contribution in [-0.4, -0.2) is 6.54 Å². The van der Waals surface area contributed by atoms with Crippen LogP contribution >= 0.6 is 38.9 Å². The summed E-state index contributed by atoms with van der Waals surface area (Å²) in [6.07, 6.45) is 0.799. The Kier molecular flexibility index (Phi) is 5.39. The quantitative estimate of drug-likeness (QED) is 0.771. The lowest BCUT2D eigenvalue weighted by Crippen LogP contribution is -2.23. The third-order valence-corrected chi connectivity index (χ3v) is 4.95. The summed E-state index contributed by atoms with van der Waals surface area (Å²) in [5.41, 5.74) is 0.813. The van der Waals surface area contributed by atoms with Crippen molar-refractivity contribution in [1.29, 1.82) is 0 Å². The third kappa shape index (κ3) is 3.78. The smallest absolute Gasteiger partial charge is 0.142 e. The van der Waals surface area contributed by atoms with Crippen molar-refractivity contribution in [2.75, 3.05) is 6.54 Å². The van der Waals surface area contributed by atoms with E-state index in [-0.39, 0.29) is 16.9 Å². The fraction of sp³-hybridized carbons (Fsp3) is 0.286. The maximum absolute atomic E-state index is 13.6. The Hall–Kier alpha value is -0.420. The number of thiophene rings is 1. The van der Waals surface area contributed by atoms with E-state index in [9.17, 15) is 4.39 Å². The standard InChI is InChI=1S/C14H14BrClFNS/c1-2-18-13(7-10-6-9(15)8-19-10)11-4-3-5-12(17)14(11)16/h3-6,8,13,18H,2,7H2,1H3. The van der Waals surface area contributed by atoms with E-state index in [0.717, 1.165) is 23.0 Å². The molecule has 1 unspecified atom stereocenters. The largest absolute Gasteiger partial charge is 0.310 e. The molecule has 0 bridgehead atoms. The first kappa shape index (κ1) is 15.0. The molecule has 0 aliphatic heterocycles. The van der Waals surface area contributed by atoms with E-state index in [1.807, 2.05) is 18.4 Å². The minimum Gasteiger partial charge on any atom is -0.310 e. The second-order valence-corrected chi connectivity index (χ2v) is 6.48. The van der Waals surface area contributed by atoms with E-state index in [0.29, 0.717) is 0 Å². The Labute approximate surface area is 129 Å². The normalized spacial score (nSPS) is 12.6. The maximum atomic E-state index is 13.6. The van der Waals surface area contributed by atoms with Crippen LogP contribution in [0.1, 0.15) is 23.4 Å². The van der Waals surface area contributed by atoms with Crippen LogP contribution in [0.15, 0.2) is 34.1 Å². The fourth-order valence-corrected chi connectivity index (χ4v) is 3.75. The summed E-state index contributed by atoms with van der Waals surface area (Å²) >= 11 is 11.2. The number of nitrogens with one attached hydrogen (secondary N) is 1. The number of benzene rings is 1. The molecule has 0 radical (unpaired) electrons. The summed E-state index contributed by atoms with van der Waals surface area (Å²) in [7, 11) is 0. The summed E-state index contributed by atoms with van der Waals surface area (Å²) in [5, 5.41) is 5.62. The average molecular weight is 363 g/mol. The molecule has 0 saturated heterocycles. The Morgan fingerprint density at radius 1 is 1.47 bits per heavy atom. The Balaban J connectivity index is 2.26. The summed E-state index contributed by atoms with van der Waals surface area (Å²) in [5.74, 6) is -0.366. The van der Waals surface area contributed by atoms with Gasteiger partial charge in [0.05, 0.1) is 5.02 Å². The van der Waals surface area contributed by atoms with Crippen LogP contribution in [0, 0.1) is 5.82 Å². The van der Waals surface area contributed by atoms with Gasteiger partial charge in [0.1, 0.15) is 5.82 Å². The molecule has 0 fully saturated rings. The van der Waals surface area contributed by atoms with Crippen LogP contribution < -0.4 is 5.32 Å². The molecule has 0 amide bonds. The number of hydrogen-bond acceptors (Lipinski definition) is 2. The predicted octanol–water partition coefficient (Wildman–Crippen LogP) is 5.20. The molecule has 102 valence electrons. The zero-order valence-corrected chi connectivity index (χ0v) is 13.6. The highest BCUT2D eigenvalue weighted by atomic mass is 79.9.